The molecule has 2 aromatic rings. The summed E-state index contributed by atoms with van der Waals surface area (Å²) in [5, 5.41) is 10.5. The Morgan fingerprint density at radius 2 is 2.23 bits per heavy atom. The van der Waals surface area contributed by atoms with Crippen molar-refractivity contribution in [3.05, 3.63) is 47.3 Å². The van der Waals surface area contributed by atoms with E-state index in [0.29, 0.717) is 5.56 Å². The van der Waals surface area contributed by atoms with Crippen LogP contribution in [0.1, 0.15) is 16.7 Å². The lowest BCUT2D eigenvalue weighted by molar-refractivity contribution is -0.120. The van der Waals surface area contributed by atoms with Crippen molar-refractivity contribution < 1.29 is 9.63 Å². The number of carbonyl (C=O) groups excluding carboxylic acids is 1. The highest BCUT2D eigenvalue weighted by molar-refractivity contribution is 5.96. The molecule has 0 radical (unpaired) electrons. The average molecular weight is 301 g/mol. The minimum atomic E-state index is -0.295. The number of aromatic nitrogens is 2. The number of rotatable bonds is 5. The van der Waals surface area contributed by atoms with Crippen LogP contribution in [-0.4, -0.2) is 28.1 Å². The van der Waals surface area contributed by atoms with Gasteiger partial charge in [-0.3, -0.25) is 9.48 Å². The van der Waals surface area contributed by atoms with Gasteiger partial charge < -0.3 is 15.9 Å². The van der Waals surface area contributed by atoms with Crippen molar-refractivity contribution in [3.8, 4) is 0 Å². The first-order chi connectivity index (χ1) is 10.5. The quantitative estimate of drug-likeness (QED) is 0.494. The summed E-state index contributed by atoms with van der Waals surface area (Å²) in [5.74, 6) is -0.121. The first-order valence-corrected chi connectivity index (χ1v) is 6.78. The van der Waals surface area contributed by atoms with E-state index in [2.05, 4.69) is 15.6 Å². The summed E-state index contributed by atoms with van der Waals surface area (Å²) in [5.41, 5.74) is 9.26. The smallest absolute Gasteiger partial charge is 0.265 e. The fourth-order valence-electron chi connectivity index (χ4n) is 1.84. The summed E-state index contributed by atoms with van der Waals surface area (Å²) < 4.78 is 1.60. The van der Waals surface area contributed by atoms with Gasteiger partial charge in [-0.1, -0.05) is 17.3 Å². The van der Waals surface area contributed by atoms with Crippen molar-refractivity contribution in [3.63, 3.8) is 0 Å². The fourth-order valence-corrected chi connectivity index (χ4v) is 1.84. The topological polar surface area (TPSA) is 94.5 Å². The van der Waals surface area contributed by atoms with Gasteiger partial charge in [-0.25, -0.2) is 0 Å². The van der Waals surface area contributed by atoms with Crippen LogP contribution >= 0.6 is 0 Å². The number of oxime groups is 1. The minimum absolute atomic E-state index is 0.174. The zero-order valence-corrected chi connectivity index (χ0v) is 12.8. The molecular weight excluding hydrogens is 282 g/mol. The summed E-state index contributed by atoms with van der Waals surface area (Å²) in [6.07, 6.45) is 3.27. The monoisotopic (exact) mass is 301 g/mol. The molecule has 0 aliphatic heterocycles. The van der Waals surface area contributed by atoms with Crippen molar-refractivity contribution in [1.82, 2.24) is 9.78 Å². The molecule has 7 nitrogen and oxygen atoms in total. The number of aryl methyl sites for hydroxylation is 2. The molecule has 0 atom stereocenters. The predicted molar refractivity (Wildman–Crippen MR) is 84.4 cm³/mol. The van der Waals surface area contributed by atoms with Crippen LogP contribution in [0.25, 0.3) is 0 Å². The van der Waals surface area contributed by atoms with Gasteiger partial charge in [0.15, 0.2) is 12.4 Å². The Kier molecular flexibility index (Phi) is 4.77. The SMILES string of the molecule is Cc1cccc(NC(=O)CO/N=C(/N)c2cnn(C)c2)c1C. The van der Waals surface area contributed by atoms with Gasteiger partial charge in [-0.05, 0) is 31.0 Å². The van der Waals surface area contributed by atoms with Crippen molar-refractivity contribution in [1.29, 1.82) is 0 Å². The van der Waals surface area contributed by atoms with Gasteiger partial charge in [-0.15, -0.1) is 0 Å². The number of hydrogen-bond acceptors (Lipinski definition) is 4. The first kappa shape index (κ1) is 15.6. The molecule has 1 heterocycles. The molecule has 0 bridgehead atoms. The second kappa shape index (κ2) is 6.75. The van der Waals surface area contributed by atoms with E-state index in [1.54, 1.807) is 24.1 Å². The highest BCUT2D eigenvalue weighted by Gasteiger charge is 2.07. The Hall–Kier alpha value is -2.83. The van der Waals surface area contributed by atoms with Crippen LogP contribution in [0.3, 0.4) is 0 Å². The molecule has 1 aromatic carbocycles. The molecule has 1 amide bonds. The van der Waals surface area contributed by atoms with Crippen LogP contribution in [0.2, 0.25) is 0 Å². The number of benzene rings is 1. The Bertz CT molecular complexity index is 706. The van der Waals surface area contributed by atoms with E-state index in [0.717, 1.165) is 16.8 Å². The molecule has 0 saturated heterocycles. The lowest BCUT2D eigenvalue weighted by Gasteiger charge is -2.09. The Morgan fingerprint density at radius 3 is 2.91 bits per heavy atom. The van der Waals surface area contributed by atoms with Gasteiger partial charge in [0.2, 0.25) is 0 Å². The van der Waals surface area contributed by atoms with Crippen LogP contribution < -0.4 is 11.1 Å². The number of amidine groups is 1. The number of nitrogens with zero attached hydrogens (tertiary/aromatic N) is 3. The highest BCUT2D eigenvalue weighted by Crippen LogP contribution is 2.17. The van der Waals surface area contributed by atoms with E-state index < -0.39 is 0 Å². The van der Waals surface area contributed by atoms with Gasteiger partial charge in [0.05, 0.1) is 11.8 Å². The summed E-state index contributed by atoms with van der Waals surface area (Å²) >= 11 is 0. The van der Waals surface area contributed by atoms with Crippen molar-refractivity contribution in [2.45, 2.75) is 13.8 Å². The Labute approximate surface area is 128 Å². The Balaban J connectivity index is 1.89. The maximum Gasteiger partial charge on any atom is 0.265 e. The fraction of sp³-hybridized carbons (Fsp3) is 0.267. The average Bonchev–Trinajstić information content (AvgIpc) is 2.90. The summed E-state index contributed by atoms with van der Waals surface area (Å²) in [4.78, 5) is 16.8. The molecule has 0 saturated carbocycles. The standard InChI is InChI=1S/C15H19N5O2/c1-10-5-4-6-13(11(10)2)18-14(21)9-22-19-15(16)12-7-17-20(3)8-12/h4-8H,9H2,1-3H3,(H2,16,19)(H,18,21). The van der Waals surface area contributed by atoms with Crippen LogP contribution in [0.5, 0.6) is 0 Å². The molecule has 0 fully saturated rings. The second-order valence-corrected chi connectivity index (χ2v) is 4.95. The molecule has 0 spiro atoms. The van der Waals surface area contributed by atoms with Crippen LogP contribution in [0.15, 0.2) is 35.7 Å². The van der Waals surface area contributed by atoms with Gasteiger partial charge >= 0.3 is 0 Å². The zero-order chi connectivity index (χ0) is 16.1. The minimum Gasteiger partial charge on any atom is -0.384 e. The predicted octanol–water partition coefficient (Wildman–Crippen LogP) is 1.31. The van der Waals surface area contributed by atoms with Gasteiger partial charge in [0, 0.05) is 18.9 Å². The summed E-state index contributed by atoms with van der Waals surface area (Å²) in [6.45, 7) is 3.72. The number of nitrogens with one attached hydrogen (secondary N) is 1. The largest absolute Gasteiger partial charge is 0.384 e. The van der Waals surface area contributed by atoms with E-state index in [1.165, 1.54) is 0 Å². The zero-order valence-electron chi connectivity index (χ0n) is 12.8. The second-order valence-electron chi connectivity index (χ2n) is 4.95. The normalized spacial score (nSPS) is 11.3. The molecule has 22 heavy (non-hydrogen) atoms. The lowest BCUT2D eigenvalue weighted by Crippen LogP contribution is -2.19. The number of amides is 1. The summed E-state index contributed by atoms with van der Waals surface area (Å²) in [7, 11) is 1.77. The molecule has 0 aliphatic rings. The van der Waals surface area contributed by atoms with Crippen molar-refractivity contribution in [2.24, 2.45) is 17.9 Å². The molecule has 7 heteroatoms. The van der Waals surface area contributed by atoms with Gasteiger partial charge in [0.25, 0.3) is 5.91 Å². The van der Waals surface area contributed by atoms with Gasteiger partial charge in [0.1, 0.15) is 0 Å². The number of anilines is 1. The molecule has 1 aromatic heterocycles. The Morgan fingerprint density at radius 1 is 1.45 bits per heavy atom. The summed E-state index contributed by atoms with van der Waals surface area (Å²) in [6, 6.07) is 5.71. The molecule has 116 valence electrons. The molecule has 0 unspecified atom stereocenters. The first-order valence-electron chi connectivity index (χ1n) is 6.78. The maximum atomic E-state index is 11.8. The van der Waals surface area contributed by atoms with Crippen molar-refractivity contribution >= 4 is 17.4 Å². The number of nitrogens with two attached hydrogens (primary N) is 1. The van der Waals surface area contributed by atoms with Gasteiger partial charge in [-0.2, -0.15) is 5.10 Å². The molecular formula is C15H19N5O2. The highest BCUT2D eigenvalue weighted by atomic mass is 16.6. The van der Waals surface area contributed by atoms with E-state index >= 15 is 0 Å². The van der Waals surface area contributed by atoms with E-state index in [4.69, 9.17) is 10.6 Å². The third-order valence-corrected chi connectivity index (χ3v) is 3.24. The maximum absolute atomic E-state index is 11.8. The third-order valence-electron chi connectivity index (χ3n) is 3.24. The third kappa shape index (κ3) is 3.85. The number of carbonyl (C=O) groups is 1. The lowest BCUT2D eigenvalue weighted by atomic mass is 10.1. The molecule has 3 N–H and O–H groups in total. The van der Waals surface area contributed by atoms with Crippen LogP contribution in [0, 0.1) is 13.8 Å². The van der Waals surface area contributed by atoms with Crippen molar-refractivity contribution in [2.75, 3.05) is 11.9 Å². The molecule has 2 rings (SSSR count). The molecule has 0 aliphatic carbocycles. The van der Waals surface area contributed by atoms with Crippen LogP contribution in [-0.2, 0) is 16.7 Å². The number of hydrogen-bond donors (Lipinski definition) is 2. The van der Waals surface area contributed by atoms with E-state index in [1.807, 2.05) is 32.0 Å². The van der Waals surface area contributed by atoms with Crippen LogP contribution in [0.4, 0.5) is 5.69 Å². The van der Waals surface area contributed by atoms with E-state index in [9.17, 15) is 4.79 Å². The van der Waals surface area contributed by atoms with E-state index in [-0.39, 0.29) is 18.3 Å².